The van der Waals surface area contributed by atoms with Gasteiger partial charge in [0.1, 0.15) is 0 Å². The van der Waals surface area contributed by atoms with Crippen molar-refractivity contribution in [3.63, 3.8) is 0 Å². The van der Waals surface area contributed by atoms with Crippen LogP contribution in [-0.4, -0.2) is 67.3 Å². The number of sulfone groups is 1. The van der Waals surface area contributed by atoms with E-state index < -0.39 is 20.5 Å². The summed E-state index contributed by atoms with van der Waals surface area (Å²) in [5, 5.41) is 5.91. The van der Waals surface area contributed by atoms with E-state index in [1.807, 2.05) is 20.8 Å². The maximum atomic E-state index is 12.7. The summed E-state index contributed by atoms with van der Waals surface area (Å²) in [4.78, 5) is 26.6. The summed E-state index contributed by atoms with van der Waals surface area (Å²) in [6.45, 7) is 7.25. The van der Waals surface area contributed by atoms with Gasteiger partial charge in [0.25, 0.3) is 0 Å². The van der Waals surface area contributed by atoms with Crippen molar-refractivity contribution in [2.24, 2.45) is 0 Å². The summed E-state index contributed by atoms with van der Waals surface area (Å²) in [7, 11) is -3.53. The Hall–Kier alpha value is -0.860. The van der Waals surface area contributed by atoms with Crippen LogP contribution >= 0.6 is 12.4 Å². The van der Waals surface area contributed by atoms with Gasteiger partial charge in [-0.05, 0) is 46.7 Å². The number of hydrogen-bond donors (Lipinski definition) is 2. The lowest BCUT2D eigenvalue weighted by molar-refractivity contribution is -0.131. The molecule has 0 aromatic carbocycles. The third-order valence-electron chi connectivity index (χ3n) is 4.80. The normalized spacial score (nSPS) is 24.4. The molecule has 2 amide bonds. The summed E-state index contributed by atoms with van der Waals surface area (Å²) in [5.74, 6) is -0.475. The molecular weight excluding hydrogens is 354 g/mol. The second kappa shape index (κ2) is 7.17. The van der Waals surface area contributed by atoms with Gasteiger partial charge in [0.15, 0.2) is 14.6 Å². The van der Waals surface area contributed by atoms with Crippen molar-refractivity contribution in [3.8, 4) is 0 Å². The number of carbonyl (C=O) groups excluding carboxylic acids is 2. The fourth-order valence-corrected chi connectivity index (χ4v) is 4.71. The molecule has 2 rings (SSSR count). The molecule has 2 N–H and O–H groups in total. The van der Waals surface area contributed by atoms with Gasteiger partial charge in [-0.3, -0.25) is 9.59 Å². The maximum Gasteiger partial charge on any atom is 0.241 e. The lowest BCUT2D eigenvalue weighted by atomic mass is 9.95. The van der Waals surface area contributed by atoms with Crippen molar-refractivity contribution in [2.45, 2.75) is 56.4 Å². The molecule has 9 heteroatoms. The quantitative estimate of drug-likeness (QED) is 0.722. The number of carbonyl (C=O) groups is 2. The van der Waals surface area contributed by atoms with Gasteiger partial charge in [-0.2, -0.15) is 0 Å². The Labute approximate surface area is 150 Å². The molecule has 0 saturated carbocycles. The number of halogens is 1. The summed E-state index contributed by atoms with van der Waals surface area (Å²) < 4.78 is 23.1. The van der Waals surface area contributed by atoms with E-state index in [0.717, 1.165) is 6.26 Å². The van der Waals surface area contributed by atoms with Crippen LogP contribution in [0.25, 0.3) is 0 Å². The SMILES string of the molecule is CC(C)(C)N1CC(NC(=O)C2(S(C)(=O)=O)CCNCC2)CC1=O.Cl. The van der Waals surface area contributed by atoms with E-state index in [2.05, 4.69) is 10.6 Å². The topological polar surface area (TPSA) is 95.6 Å². The molecule has 0 spiro atoms. The van der Waals surface area contributed by atoms with Crippen LogP contribution in [0.5, 0.6) is 0 Å². The molecule has 24 heavy (non-hydrogen) atoms. The minimum Gasteiger partial charge on any atom is -0.350 e. The van der Waals surface area contributed by atoms with E-state index in [1.54, 1.807) is 4.90 Å². The van der Waals surface area contributed by atoms with Gasteiger partial charge in [0.2, 0.25) is 11.8 Å². The van der Waals surface area contributed by atoms with Gasteiger partial charge >= 0.3 is 0 Å². The van der Waals surface area contributed by atoms with Crippen molar-refractivity contribution in [1.29, 1.82) is 0 Å². The highest BCUT2D eigenvalue weighted by molar-refractivity contribution is 7.92. The standard InChI is InChI=1S/C15H27N3O4S.ClH/c1-14(2,3)18-10-11(9-12(18)19)17-13(20)15(23(4,21)22)5-7-16-8-6-15;/h11,16H,5-10H2,1-4H3,(H,17,20);1H. The zero-order chi connectivity index (χ0) is 17.5. The van der Waals surface area contributed by atoms with Crippen molar-refractivity contribution in [1.82, 2.24) is 15.5 Å². The molecule has 0 aliphatic carbocycles. The Bertz CT molecular complexity index is 594. The monoisotopic (exact) mass is 381 g/mol. The summed E-state index contributed by atoms with van der Waals surface area (Å²) in [6.07, 6.45) is 1.88. The Morgan fingerprint density at radius 1 is 1.29 bits per heavy atom. The fraction of sp³-hybridized carbons (Fsp3) is 0.867. The van der Waals surface area contributed by atoms with E-state index in [-0.39, 0.29) is 49.2 Å². The first-order valence-electron chi connectivity index (χ1n) is 7.99. The Balaban J connectivity index is 0.00000288. The summed E-state index contributed by atoms with van der Waals surface area (Å²) in [5.41, 5.74) is -0.306. The molecular formula is C15H28ClN3O4S. The molecule has 2 aliphatic rings. The average molecular weight is 382 g/mol. The van der Waals surface area contributed by atoms with Gasteiger partial charge in [0, 0.05) is 24.8 Å². The minimum atomic E-state index is -3.53. The van der Waals surface area contributed by atoms with Crippen LogP contribution in [0.3, 0.4) is 0 Å². The number of rotatable bonds is 3. The molecule has 0 aromatic rings. The largest absolute Gasteiger partial charge is 0.350 e. The van der Waals surface area contributed by atoms with Crippen LogP contribution in [0, 0.1) is 0 Å². The predicted molar refractivity (Wildman–Crippen MR) is 94.9 cm³/mol. The first-order valence-corrected chi connectivity index (χ1v) is 9.88. The number of amides is 2. The zero-order valence-electron chi connectivity index (χ0n) is 14.7. The summed E-state index contributed by atoms with van der Waals surface area (Å²) >= 11 is 0. The van der Waals surface area contributed by atoms with Gasteiger partial charge in [-0.15, -0.1) is 12.4 Å². The number of likely N-dealkylation sites (tertiary alicyclic amines) is 1. The molecule has 0 aromatic heterocycles. The molecule has 7 nitrogen and oxygen atoms in total. The van der Waals surface area contributed by atoms with Crippen molar-refractivity contribution in [2.75, 3.05) is 25.9 Å². The minimum absolute atomic E-state index is 0. The fourth-order valence-electron chi connectivity index (χ4n) is 3.37. The lowest BCUT2D eigenvalue weighted by Gasteiger charge is -2.35. The Kier molecular flexibility index (Phi) is 6.33. The molecule has 2 heterocycles. The third-order valence-corrected chi connectivity index (χ3v) is 6.82. The van der Waals surface area contributed by atoms with Gasteiger partial charge in [0.05, 0.1) is 6.04 Å². The van der Waals surface area contributed by atoms with E-state index >= 15 is 0 Å². The average Bonchev–Trinajstić information content (AvgIpc) is 2.79. The van der Waals surface area contributed by atoms with Crippen LogP contribution in [0.1, 0.15) is 40.0 Å². The van der Waals surface area contributed by atoms with Crippen LogP contribution < -0.4 is 10.6 Å². The predicted octanol–water partition coefficient (Wildman–Crippen LogP) is 0.0906. The lowest BCUT2D eigenvalue weighted by Crippen LogP contribution is -2.59. The highest BCUT2D eigenvalue weighted by atomic mass is 35.5. The van der Waals surface area contributed by atoms with Crippen LogP contribution in [0.2, 0.25) is 0 Å². The third kappa shape index (κ3) is 4.03. The highest BCUT2D eigenvalue weighted by Crippen LogP contribution is 2.29. The number of nitrogens with zero attached hydrogens (tertiary/aromatic N) is 1. The molecule has 1 atom stereocenters. The van der Waals surface area contributed by atoms with Gasteiger partial charge < -0.3 is 15.5 Å². The van der Waals surface area contributed by atoms with Crippen molar-refractivity contribution in [3.05, 3.63) is 0 Å². The van der Waals surface area contributed by atoms with Crippen molar-refractivity contribution < 1.29 is 18.0 Å². The van der Waals surface area contributed by atoms with Gasteiger partial charge in [-0.25, -0.2) is 8.42 Å². The van der Waals surface area contributed by atoms with Crippen LogP contribution in [0.4, 0.5) is 0 Å². The molecule has 2 aliphatic heterocycles. The molecule has 0 radical (unpaired) electrons. The number of piperidine rings is 1. The van der Waals surface area contributed by atoms with Crippen molar-refractivity contribution >= 4 is 34.1 Å². The molecule has 2 saturated heterocycles. The van der Waals surface area contributed by atoms with Crippen LogP contribution in [-0.2, 0) is 19.4 Å². The van der Waals surface area contributed by atoms with Crippen LogP contribution in [0.15, 0.2) is 0 Å². The highest BCUT2D eigenvalue weighted by Gasteiger charge is 2.50. The molecule has 140 valence electrons. The number of nitrogens with one attached hydrogen (secondary N) is 2. The van der Waals surface area contributed by atoms with E-state index in [9.17, 15) is 18.0 Å². The summed E-state index contributed by atoms with van der Waals surface area (Å²) in [6, 6.07) is -0.331. The van der Waals surface area contributed by atoms with E-state index in [4.69, 9.17) is 0 Å². The zero-order valence-corrected chi connectivity index (χ0v) is 16.3. The smallest absolute Gasteiger partial charge is 0.241 e. The Morgan fingerprint density at radius 2 is 1.83 bits per heavy atom. The van der Waals surface area contributed by atoms with Gasteiger partial charge in [-0.1, -0.05) is 0 Å². The van der Waals surface area contributed by atoms with E-state index in [0.29, 0.717) is 19.6 Å². The number of hydrogen-bond acceptors (Lipinski definition) is 5. The second-order valence-electron chi connectivity index (χ2n) is 7.57. The second-order valence-corrected chi connectivity index (χ2v) is 9.89. The molecule has 2 fully saturated rings. The van der Waals surface area contributed by atoms with E-state index in [1.165, 1.54) is 0 Å². The molecule has 0 bridgehead atoms. The first-order chi connectivity index (χ1) is 10.5. The molecule has 1 unspecified atom stereocenters. The first kappa shape index (κ1) is 21.2. The Morgan fingerprint density at radius 3 is 2.25 bits per heavy atom. The maximum absolute atomic E-state index is 12.7.